The van der Waals surface area contributed by atoms with E-state index in [0.717, 1.165) is 18.9 Å². The summed E-state index contributed by atoms with van der Waals surface area (Å²) in [6.07, 6.45) is -2.98. The third-order valence-corrected chi connectivity index (χ3v) is 4.60. The van der Waals surface area contributed by atoms with E-state index in [9.17, 15) is 28.1 Å². The number of nitrogens with zero attached hydrogens (tertiary/aromatic N) is 3. The number of hydrogen-bond acceptors (Lipinski definition) is 5. The van der Waals surface area contributed by atoms with Crippen LogP contribution in [0.2, 0.25) is 0 Å². The molecular formula is C18H19F3N4O4. The molecule has 0 spiro atoms. The number of rotatable bonds is 7. The molecule has 0 bridgehead atoms. The summed E-state index contributed by atoms with van der Waals surface area (Å²) in [5.41, 5.74) is -0.610. The highest BCUT2D eigenvalue weighted by Crippen LogP contribution is 2.42. The Bertz CT molecular complexity index is 938. The van der Waals surface area contributed by atoms with Crippen LogP contribution in [0.3, 0.4) is 0 Å². The maximum absolute atomic E-state index is 13.0. The van der Waals surface area contributed by atoms with Crippen LogP contribution in [0.25, 0.3) is 0 Å². The van der Waals surface area contributed by atoms with E-state index in [2.05, 4.69) is 10.4 Å². The molecule has 156 valence electrons. The number of hydrogen-bond donors (Lipinski definition) is 1. The molecule has 1 unspecified atom stereocenters. The normalized spacial score (nSPS) is 15.1. The molecule has 1 aliphatic rings. The van der Waals surface area contributed by atoms with E-state index in [1.807, 2.05) is 0 Å². The number of benzene rings is 1. The fourth-order valence-electron chi connectivity index (χ4n) is 2.91. The minimum atomic E-state index is -4.56. The Kier molecular flexibility index (Phi) is 5.49. The van der Waals surface area contributed by atoms with Gasteiger partial charge in [0.05, 0.1) is 36.2 Å². The van der Waals surface area contributed by atoms with Crippen LogP contribution in [0.4, 0.5) is 24.5 Å². The van der Waals surface area contributed by atoms with Crippen molar-refractivity contribution in [1.82, 2.24) is 9.78 Å². The minimum Gasteiger partial charge on any atom is -0.496 e. The summed E-state index contributed by atoms with van der Waals surface area (Å²) in [6.45, 7) is 1.51. The van der Waals surface area contributed by atoms with Crippen molar-refractivity contribution in [3.63, 3.8) is 0 Å². The monoisotopic (exact) mass is 412 g/mol. The summed E-state index contributed by atoms with van der Waals surface area (Å²) in [4.78, 5) is 22.9. The van der Waals surface area contributed by atoms with Crippen LogP contribution in [0, 0.1) is 16.0 Å². The molecule has 1 heterocycles. The van der Waals surface area contributed by atoms with E-state index in [-0.39, 0.29) is 29.6 Å². The zero-order valence-corrected chi connectivity index (χ0v) is 15.7. The molecular weight excluding hydrogens is 393 g/mol. The van der Waals surface area contributed by atoms with Gasteiger partial charge >= 0.3 is 6.18 Å². The summed E-state index contributed by atoms with van der Waals surface area (Å²) in [6, 6.07) is 4.85. The zero-order valence-electron chi connectivity index (χ0n) is 15.7. The molecule has 1 atom stereocenters. The Balaban J connectivity index is 1.76. The maximum atomic E-state index is 13.0. The molecule has 1 saturated carbocycles. The van der Waals surface area contributed by atoms with Crippen LogP contribution in [-0.2, 0) is 17.5 Å². The fraction of sp³-hybridized carbons (Fsp3) is 0.444. The average molecular weight is 412 g/mol. The summed E-state index contributed by atoms with van der Waals surface area (Å²) in [5, 5.41) is 17.2. The van der Waals surface area contributed by atoms with Gasteiger partial charge in [0.1, 0.15) is 5.75 Å². The second-order valence-corrected chi connectivity index (χ2v) is 6.98. The van der Waals surface area contributed by atoms with Gasteiger partial charge in [-0.15, -0.1) is 0 Å². The van der Waals surface area contributed by atoms with Gasteiger partial charge < -0.3 is 10.1 Å². The number of nitro benzene ring substituents is 1. The number of ether oxygens (including phenoxy) is 1. The highest BCUT2D eigenvalue weighted by Gasteiger charge is 2.38. The largest absolute Gasteiger partial charge is 0.496 e. The van der Waals surface area contributed by atoms with Crippen LogP contribution in [0.5, 0.6) is 5.75 Å². The van der Waals surface area contributed by atoms with E-state index in [1.165, 1.54) is 30.0 Å². The van der Waals surface area contributed by atoms with Crippen molar-refractivity contribution in [2.45, 2.75) is 38.4 Å². The lowest BCUT2D eigenvalue weighted by Gasteiger charge is -2.15. The van der Waals surface area contributed by atoms with Gasteiger partial charge in [0.25, 0.3) is 5.69 Å². The second-order valence-electron chi connectivity index (χ2n) is 6.98. The van der Waals surface area contributed by atoms with Crippen LogP contribution in [0.15, 0.2) is 24.3 Å². The highest BCUT2D eigenvalue weighted by molar-refractivity contribution is 5.92. The van der Waals surface area contributed by atoms with Crippen molar-refractivity contribution in [1.29, 1.82) is 0 Å². The molecule has 3 rings (SSSR count). The summed E-state index contributed by atoms with van der Waals surface area (Å²) < 4.78 is 45.2. The van der Waals surface area contributed by atoms with Crippen molar-refractivity contribution < 1.29 is 27.6 Å². The number of amides is 1. The van der Waals surface area contributed by atoms with E-state index in [1.54, 1.807) is 6.92 Å². The third-order valence-electron chi connectivity index (χ3n) is 4.60. The van der Waals surface area contributed by atoms with E-state index >= 15 is 0 Å². The maximum Gasteiger partial charge on any atom is 0.435 e. The van der Waals surface area contributed by atoms with Crippen molar-refractivity contribution in [2.24, 2.45) is 5.92 Å². The van der Waals surface area contributed by atoms with Crippen molar-refractivity contribution in [3.8, 4) is 5.75 Å². The number of carbonyl (C=O) groups excluding carboxylic acids is 1. The zero-order chi connectivity index (χ0) is 21.3. The standard InChI is InChI=1S/C18H19F3N4O4/c1-10(9-24-15(11-3-4-11)8-16(23-24)18(19,20)21)17(26)22-12-5-13(25(27)28)7-14(6-12)29-2/h5-8,10-11H,3-4,9H2,1-2H3,(H,22,26). The Hall–Kier alpha value is -3.11. The number of carbonyl (C=O) groups is 1. The SMILES string of the molecule is COc1cc(NC(=O)C(C)Cn2nc(C(F)(F)F)cc2C2CC2)cc([N+](=O)[O-])c1. The first-order chi connectivity index (χ1) is 13.6. The number of nitrogens with one attached hydrogen (secondary N) is 1. The predicted molar refractivity (Wildman–Crippen MR) is 96.6 cm³/mol. The number of aromatic nitrogens is 2. The lowest BCUT2D eigenvalue weighted by molar-refractivity contribution is -0.384. The molecule has 1 aliphatic carbocycles. The predicted octanol–water partition coefficient (Wildman–Crippen LogP) is 3.97. The van der Waals surface area contributed by atoms with Gasteiger partial charge in [-0.25, -0.2) is 0 Å². The van der Waals surface area contributed by atoms with Crippen molar-refractivity contribution >= 4 is 17.3 Å². The smallest absolute Gasteiger partial charge is 0.435 e. The number of halogens is 3. The van der Waals surface area contributed by atoms with Crippen LogP contribution >= 0.6 is 0 Å². The number of nitro groups is 1. The summed E-state index contributed by atoms with van der Waals surface area (Å²) in [7, 11) is 1.34. The number of non-ortho nitro benzene ring substituents is 1. The number of alkyl halides is 3. The quantitative estimate of drug-likeness (QED) is 0.548. The summed E-state index contributed by atoms with van der Waals surface area (Å²) in [5.74, 6) is -1.01. The molecule has 1 aromatic heterocycles. The first-order valence-corrected chi connectivity index (χ1v) is 8.87. The molecule has 2 aromatic rings. The van der Waals surface area contributed by atoms with Gasteiger partial charge in [-0.3, -0.25) is 19.6 Å². The van der Waals surface area contributed by atoms with Gasteiger partial charge in [-0.05, 0) is 18.9 Å². The van der Waals surface area contributed by atoms with Gasteiger partial charge in [-0.1, -0.05) is 6.92 Å². The highest BCUT2D eigenvalue weighted by atomic mass is 19.4. The van der Waals surface area contributed by atoms with Gasteiger partial charge in [0.15, 0.2) is 5.69 Å². The molecule has 1 amide bonds. The van der Waals surface area contributed by atoms with Crippen LogP contribution < -0.4 is 10.1 Å². The Labute approximate surface area is 163 Å². The van der Waals surface area contributed by atoms with Gasteiger partial charge in [-0.2, -0.15) is 18.3 Å². The van der Waals surface area contributed by atoms with Gasteiger partial charge in [0, 0.05) is 23.7 Å². The van der Waals surface area contributed by atoms with Crippen molar-refractivity contribution in [3.05, 3.63) is 45.8 Å². The van der Waals surface area contributed by atoms with Gasteiger partial charge in [0.2, 0.25) is 5.91 Å². The molecule has 0 saturated heterocycles. The van der Waals surface area contributed by atoms with Crippen LogP contribution in [-0.4, -0.2) is 27.7 Å². The van der Waals surface area contributed by atoms with E-state index in [4.69, 9.17) is 4.74 Å². The average Bonchev–Trinajstić information content (AvgIpc) is 3.40. The fourth-order valence-corrected chi connectivity index (χ4v) is 2.91. The molecule has 29 heavy (non-hydrogen) atoms. The number of methoxy groups -OCH3 is 1. The molecule has 0 radical (unpaired) electrons. The van der Waals surface area contributed by atoms with E-state index in [0.29, 0.717) is 5.69 Å². The molecule has 1 fully saturated rings. The third kappa shape index (κ3) is 4.84. The van der Waals surface area contributed by atoms with E-state index < -0.39 is 28.6 Å². The van der Waals surface area contributed by atoms with Crippen LogP contribution in [0.1, 0.15) is 37.1 Å². The molecule has 1 aromatic carbocycles. The lowest BCUT2D eigenvalue weighted by Crippen LogP contribution is -2.25. The van der Waals surface area contributed by atoms with Crippen molar-refractivity contribution in [2.75, 3.05) is 12.4 Å². The second kappa shape index (κ2) is 7.72. The minimum absolute atomic E-state index is 0.0231. The Morgan fingerprint density at radius 2 is 2.07 bits per heavy atom. The molecule has 11 heteroatoms. The molecule has 1 N–H and O–H groups in total. The first kappa shape index (κ1) is 20.6. The number of anilines is 1. The molecule has 0 aliphatic heterocycles. The summed E-state index contributed by atoms with van der Waals surface area (Å²) >= 11 is 0. The Morgan fingerprint density at radius 1 is 1.38 bits per heavy atom. The lowest BCUT2D eigenvalue weighted by atomic mass is 10.1. The first-order valence-electron chi connectivity index (χ1n) is 8.87. The topological polar surface area (TPSA) is 99.3 Å². The Morgan fingerprint density at radius 3 is 2.62 bits per heavy atom. The molecule has 8 nitrogen and oxygen atoms in total.